The average molecular weight is 429 g/mol. The lowest BCUT2D eigenvalue weighted by atomic mass is 9.94. The number of aliphatic imine (C=N–C) groups is 1. The van der Waals surface area contributed by atoms with Crippen molar-refractivity contribution in [3.63, 3.8) is 0 Å². The van der Waals surface area contributed by atoms with E-state index in [-0.39, 0.29) is 34.6 Å². The molecule has 0 amide bonds. The quantitative estimate of drug-likeness (QED) is 0.298. The van der Waals surface area contributed by atoms with E-state index in [1.165, 1.54) is 10.9 Å². The minimum atomic E-state index is -0.852. The van der Waals surface area contributed by atoms with Crippen LogP contribution in [0.3, 0.4) is 0 Å². The normalized spacial score (nSPS) is 14.5. The molecule has 2 aromatic heterocycles. The number of fused-ring (bicyclic) bond motifs is 1. The predicted molar refractivity (Wildman–Crippen MR) is 117 cm³/mol. The van der Waals surface area contributed by atoms with E-state index in [2.05, 4.69) is 30.8 Å². The van der Waals surface area contributed by atoms with Crippen LogP contribution in [0.2, 0.25) is 0 Å². The Bertz CT molecular complexity index is 1340. The van der Waals surface area contributed by atoms with Crippen LogP contribution in [0.15, 0.2) is 23.2 Å². The zero-order valence-corrected chi connectivity index (χ0v) is 17.2. The van der Waals surface area contributed by atoms with Crippen molar-refractivity contribution in [2.24, 2.45) is 4.99 Å². The zero-order chi connectivity index (χ0) is 23.0. The first-order valence-electron chi connectivity index (χ1n) is 9.62. The van der Waals surface area contributed by atoms with Gasteiger partial charge in [-0.1, -0.05) is 13.0 Å². The Morgan fingerprint density at radius 2 is 2.06 bits per heavy atom. The fourth-order valence-electron chi connectivity index (χ4n) is 3.54. The van der Waals surface area contributed by atoms with Crippen LogP contribution in [0.1, 0.15) is 41.0 Å². The van der Waals surface area contributed by atoms with E-state index in [0.29, 0.717) is 16.8 Å². The van der Waals surface area contributed by atoms with E-state index in [0.717, 1.165) is 17.8 Å². The number of aromatic hydroxyl groups is 1. The topological polar surface area (TPSA) is 200 Å². The number of nitrogen functional groups attached to an aromatic ring is 2. The summed E-state index contributed by atoms with van der Waals surface area (Å²) in [6.07, 6.45) is 2.52. The molecule has 0 aliphatic carbocycles. The number of hydrogen-bond donors (Lipinski definition) is 5. The molecule has 4 rings (SSSR count). The molecule has 32 heavy (non-hydrogen) atoms. The largest absolute Gasteiger partial charge is 0.507 e. The number of aromatic nitrogens is 4. The molecular weight excluding hydrogens is 410 g/mol. The van der Waals surface area contributed by atoms with Crippen LogP contribution in [0.4, 0.5) is 17.3 Å². The number of phenolic OH excluding ortho intramolecular Hbond substituents is 1. The van der Waals surface area contributed by atoms with Crippen LogP contribution >= 0.6 is 0 Å². The third-order valence-electron chi connectivity index (χ3n) is 5.11. The summed E-state index contributed by atoms with van der Waals surface area (Å²) in [4.78, 5) is 10.1. The molecule has 1 aromatic carbocycles. The second-order valence-corrected chi connectivity index (χ2v) is 7.02. The van der Waals surface area contributed by atoms with Gasteiger partial charge in [-0.05, 0) is 19.4 Å². The Morgan fingerprint density at radius 3 is 2.69 bits per heavy atom. The lowest BCUT2D eigenvalue weighted by molar-refractivity contribution is 0.464. The van der Waals surface area contributed by atoms with E-state index < -0.39 is 6.04 Å². The van der Waals surface area contributed by atoms with Crippen molar-refractivity contribution in [1.29, 1.82) is 10.5 Å². The SMILES string of the molecule is CCc1nn(-c2ccc(C3N=C(NC#N)Nc4nc(N)c(C#N)c(N)c43)c(O)c2)nc1C. The maximum Gasteiger partial charge on any atom is 0.211 e. The van der Waals surface area contributed by atoms with E-state index in [4.69, 9.17) is 16.7 Å². The Kier molecular flexibility index (Phi) is 4.96. The van der Waals surface area contributed by atoms with Crippen molar-refractivity contribution in [3.8, 4) is 23.7 Å². The van der Waals surface area contributed by atoms with E-state index >= 15 is 0 Å². The van der Waals surface area contributed by atoms with Crippen molar-refractivity contribution >= 4 is 23.3 Å². The Balaban J connectivity index is 1.85. The van der Waals surface area contributed by atoms with Crippen molar-refractivity contribution in [2.45, 2.75) is 26.3 Å². The third kappa shape index (κ3) is 3.26. The standard InChI is InChI=1S/C20H19N11O/c1-3-13-9(2)29-31(30-13)10-4-5-11(14(32)6-10)17-15-16(23)12(7-21)18(24)27-19(15)28-20(26-17)25-8-22/h4-6,17,32H,3H2,1-2H3,(H6,23,24,25,26,27,28). The van der Waals surface area contributed by atoms with Gasteiger partial charge in [0, 0.05) is 17.2 Å². The lowest BCUT2D eigenvalue weighted by Gasteiger charge is -2.26. The summed E-state index contributed by atoms with van der Waals surface area (Å²) in [5.74, 6) is 0.182. The molecule has 0 bridgehead atoms. The van der Waals surface area contributed by atoms with E-state index in [1.54, 1.807) is 18.3 Å². The predicted octanol–water partition coefficient (Wildman–Crippen LogP) is 1.22. The van der Waals surface area contributed by atoms with E-state index in [9.17, 15) is 10.4 Å². The minimum absolute atomic E-state index is 0.0156. The highest BCUT2D eigenvalue weighted by Crippen LogP contribution is 2.43. The van der Waals surface area contributed by atoms with Gasteiger partial charge in [0.1, 0.15) is 35.1 Å². The zero-order valence-electron chi connectivity index (χ0n) is 17.2. The maximum absolute atomic E-state index is 10.9. The molecule has 12 heteroatoms. The highest BCUT2D eigenvalue weighted by Gasteiger charge is 2.31. The molecule has 1 aliphatic rings. The smallest absolute Gasteiger partial charge is 0.211 e. The van der Waals surface area contributed by atoms with Crippen LogP contribution in [0.25, 0.3) is 5.69 Å². The second kappa shape index (κ2) is 7.77. The number of aryl methyl sites for hydroxylation is 2. The number of nitrogens with zero attached hydrogens (tertiary/aromatic N) is 7. The molecule has 0 saturated heterocycles. The summed E-state index contributed by atoms with van der Waals surface area (Å²) in [5.41, 5.74) is 15.2. The first-order chi connectivity index (χ1) is 15.4. The number of nitrogens with two attached hydrogens (primary N) is 2. The van der Waals surface area contributed by atoms with Gasteiger partial charge in [0.15, 0.2) is 6.19 Å². The molecule has 160 valence electrons. The molecule has 1 unspecified atom stereocenters. The molecule has 1 atom stereocenters. The van der Waals surface area contributed by atoms with Crippen LogP contribution in [-0.2, 0) is 6.42 Å². The molecular formula is C20H19N11O. The number of phenols is 1. The van der Waals surface area contributed by atoms with Gasteiger partial charge >= 0.3 is 0 Å². The Morgan fingerprint density at radius 1 is 1.28 bits per heavy atom. The van der Waals surface area contributed by atoms with E-state index in [1.807, 2.05) is 19.9 Å². The Hall–Kier alpha value is -4.84. The van der Waals surface area contributed by atoms with Gasteiger partial charge in [0.2, 0.25) is 5.96 Å². The van der Waals surface area contributed by atoms with Gasteiger partial charge in [0.25, 0.3) is 0 Å². The number of rotatable bonds is 3. The third-order valence-corrected chi connectivity index (χ3v) is 5.11. The molecule has 1 aliphatic heterocycles. The van der Waals surface area contributed by atoms with Crippen LogP contribution in [-0.4, -0.2) is 31.0 Å². The molecule has 12 nitrogen and oxygen atoms in total. The van der Waals surface area contributed by atoms with Gasteiger partial charge in [0.05, 0.1) is 22.8 Å². The average Bonchev–Trinajstić information content (AvgIpc) is 3.14. The van der Waals surface area contributed by atoms with Crippen molar-refractivity contribution in [3.05, 3.63) is 46.3 Å². The number of benzene rings is 1. The van der Waals surface area contributed by atoms with Crippen molar-refractivity contribution in [2.75, 3.05) is 16.8 Å². The van der Waals surface area contributed by atoms with Gasteiger partial charge in [-0.3, -0.25) is 5.32 Å². The van der Waals surface area contributed by atoms with Crippen molar-refractivity contribution < 1.29 is 5.11 Å². The van der Waals surface area contributed by atoms with Gasteiger partial charge in [-0.2, -0.15) is 25.5 Å². The lowest BCUT2D eigenvalue weighted by Crippen LogP contribution is -2.32. The number of nitrogens with one attached hydrogen (secondary N) is 2. The minimum Gasteiger partial charge on any atom is -0.507 e. The summed E-state index contributed by atoms with van der Waals surface area (Å²) in [6.45, 7) is 3.86. The number of nitriles is 2. The summed E-state index contributed by atoms with van der Waals surface area (Å²) < 4.78 is 0. The summed E-state index contributed by atoms with van der Waals surface area (Å²) in [6, 6.07) is 5.99. The molecule has 0 saturated carbocycles. The first kappa shape index (κ1) is 20.4. The van der Waals surface area contributed by atoms with Crippen LogP contribution in [0.5, 0.6) is 5.75 Å². The first-order valence-corrected chi connectivity index (χ1v) is 9.62. The molecule has 3 aromatic rings. The summed E-state index contributed by atoms with van der Waals surface area (Å²) in [7, 11) is 0. The van der Waals surface area contributed by atoms with Crippen molar-refractivity contribution in [1.82, 2.24) is 25.3 Å². The fraction of sp³-hybridized carbons (Fsp3) is 0.200. The molecule has 7 N–H and O–H groups in total. The molecule has 3 heterocycles. The number of guanidine groups is 1. The molecule has 0 fully saturated rings. The monoisotopic (exact) mass is 429 g/mol. The second-order valence-electron chi connectivity index (χ2n) is 7.02. The fourth-order valence-corrected chi connectivity index (χ4v) is 3.54. The Labute approximate surface area is 182 Å². The molecule has 0 spiro atoms. The van der Waals surface area contributed by atoms with Crippen LogP contribution < -0.4 is 22.1 Å². The number of anilines is 3. The summed E-state index contributed by atoms with van der Waals surface area (Å²) in [5, 5.41) is 43.4. The highest BCUT2D eigenvalue weighted by atomic mass is 16.3. The number of pyridine rings is 1. The van der Waals surface area contributed by atoms with Crippen LogP contribution in [0, 0.1) is 29.7 Å². The van der Waals surface area contributed by atoms with Gasteiger partial charge in [-0.15, -0.1) is 0 Å². The molecule has 0 radical (unpaired) electrons. The summed E-state index contributed by atoms with van der Waals surface area (Å²) >= 11 is 0. The highest BCUT2D eigenvalue weighted by molar-refractivity contribution is 5.98. The number of hydrogen-bond acceptors (Lipinski definition) is 11. The van der Waals surface area contributed by atoms with Gasteiger partial charge in [-0.25, -0.2) is 9.98 Å². The maximum atomic E-state index is 10.9. The van der Waals surface area contributed by atoms with Gasteiger partial charge < -0.3 is 21.9 Å².